The van der Waals surface area contributed by atoms with Gasteiger partial charge in [-0.2, -0.15) is 0 Å². The van der Waals surface area contributed by atoms with Crippen molar-refractivity contribution < 1.29 is 19.2 Å². The predicted molar refractivity (Wildman–Crippen MR) is 54.8 cm³/mol. The molecule has 86 valence electrons. The van der Waals surface area contributed by atoms with Crippen LogP contribution in [-0.4, -0.2) is 37.2 Å². The maximum Gasteiger partial charge on any atom is 0.333 e. The molecule has 5 nitrogen and oxygen atoms in total. The molecule has 15 heavy (non-hydrogen) atoms. The molecule has 0 aliphatic carbocycles. The van der Waals surface area contributed by atoms with Crippen molar-refractivity contribution in [3.05, 3.63) is 12.2 Å². The number of hydrogen-bond donors (Lipinski definition) is 0. The van der Waals surface area contributed by atoms with Crippen molar-refractivity contribution in [3.63, 3.8) is 0 Å². The molecular weight excluding hydrogens is 198 g/mol. The van der Waals surface area contributed by atoms with Crippen molar-refractivity contribution in [3.8, 4) is 0 Å². The van der Waals surface area contributed by atoms with Gasteiger partial charge < -0.3 is 9.57 Å². The Morgan fingerprint density at radius 1 is 1.33 bits per heavy atom. The monoisotopic (exact) mass is 215 g/mol. The standard InChI is InChI=1S/C10H17NO4/c1-8(2)10(13)14-7-5-6-11(4)15-9(3)12/h1,5-7H2,2-4H3. The Morgan fingerprint density at radius 3 is 2.40 bits per heavy atom. The Balaban J connectivity index is 3.50. The SMILES string of the molecule is C=C(C)C(=O)OCCCN(C)OC(C)=O. The van der Waals surface area contributed by atoms with E-state index in [1.54, 1.807) is 14.0 Å². The van der Waals surface area contributed by atoms with E-state index in [9.17, 15) is 9.59 Å². The van der Waals surface area contributed by atoms with Gasteiger partial charge in [0.1, 0.15) is 0 Å². The zero-order valence-electron chi connectivity index (χ0n) is 9.41. The number of rotatable bonds is 6. The summed E-state index contributed by atoms with van der Waals surface area (Å²) in [5, 5.41) is 1.40. The van der Waals surface area contributed by atoms with E-state index >= 15 is 0 Å². The van der Waals surface area contributed by atoms with Crippen molar-refractivity contribution in [2.45, 2.75) is 20.3 Å². The first kappa shape index (κ1) is 13.6. The van der Waals surface area contributed by atoms with Crippen LogP contribution in [0.5, 0.6) is 0 Å². The number of carbonyl (C=O) groups is 2. The molecule has 0 aliphatic heterocycles. The number of hydroxylamine groups is 2. The van der Waals surface area contributed by atoms with E-state index in [0.717, 1.165) is 0 Å². The highest BCUT2D eigenvalue weighted by molar-refractivity contribution is 5.86. The molecule has 0 aromatic heterocycles. The Labute approximate surface area is 89.6 Å². The summed E-state index contributed by atoms with van der Waals surface area (Å²) < 4.78 is 4.85. The van der Waals surface area contributed by atoms with Gasteiger partial charge in [0, 0.05) is 26.1 Å². The van der Waals surface area contributed by atoms with E-state index in [1.807, 2.05) is 0 Å². The lowest BCUT2D eigenvalue weighted by molar-refractivity contribution is -0.182. The third-order valence-corrected chi connectivity index (χ3v) is 1.48. The van der Waals surface area contributed by atoms with Crippen molar-refractivity contribution in [1.29, 1.82) is 0 Å². The molecule has 0 fully saturated rings. The lowest BCUT2D eigenvalue weighted by Crippen LogP contribution is -2.24. The summed E-state index contributed by atoms with van der Waals surface area (Å²) in [5.74, 6) is -0.762. The highest BCUT2D eigenvalue weighted by Gasteiger charge is 2.04. The Hall–Kier alpha value is -1.36. The van der Waals surface area contributed by atoms with Gasteiger partial charge in [-0.25, -0.2) is 4.79 Å². The Morgan fingerprint density at radius 2 is 1.93 bits per heavy atom. The van der Waals surface area contributed by atoms with E-state index in [1.165, 1.54) is 12.0 Å². The maximum atomic E-state index is 10.9. The summed E-state index contributed by atoms with van der Waals surface area (Å²) in [6.45, 7) is 7.18. The van der Waals surface area contributed by atoms with E-state index in [-0.39, 0.29) is 12.6 Å². The average molecular weight is 215 g/mol. The Kier molecular flexibility index (Phi) is 6.37. The first-order valence-electron chi connectivity index (χ1n) is 4.65. The van der Waals surface area contributed by atoms with Crippen LogP contribution in [0.3, 0.4) is 0 Å². The van der Waals surface area contributed by atoms with Gasteiger partial charge in [-0.05, 0) is 13.3 Å². The lowest BCUT2D eigenvalue weighted by Gasteiger charge is -2.14. The number of hydrogen-bond acceptors (Lipinski definition) is 5. The molecule has 0 radical (unpaired) electrons. The molecule has 0 aromatic rings. The van der Waals surface area contributed by atoms with Crippen LogP contribution >= 0.6 is 0 Å². The fraction of sp³-hybridized carbons (Fsp3) is 0.600. The van der Waals surface area contributed by atoms with Gasteiger partial charge in [-0.3, -0.25) is 4.79 Å². The van der Waals surface area contributed by atoms with E-state index in [0.29, 0.717) is 18.5 Å². The molecule has 0 N–H and O–H groups in total. The van der Waals surface area contributed by atoms with Gasteiger partial charge in [0.25, 0.3) is 0 Å². The zero-order chi connectivity index (χ0) is 11.8. The molecule has 0 heterocycles. The topological polar surface area (TPSA) is 55.8 Å². The molecule has 0 saturated carbocycles. The van der Waals surface area contributed by atoms with E-state index in [2.05, 4.69) is 6.58 Å². The second-order valence-electron chi connectivity index (χ2n) is 3.20. The average Bonchev–Trinajstić information content (AvgIpc) is 2.10. The third kappa shape index (κ3) is 7.69. The fourth-order valence-electron chi connectivity index (χ4n) is 0.840. The summed E-state index contributed by atoms with van der Waals surface area (Å²) in [5.41, 5.74) is 0.378. The minimum absolute atomic E-state index is 0.289. The molecule has 5 heteroatoms. The lowest BCUT2D eigenvalue weighted by atomic mass is 10.3. The predicted octanol–water partition coefficient (Wildman–Crippen LogP) is 0.906. The molecule has 0 bridgehead atoms. The smallest absolute Gasteiger partial charge is 0.333 e. The van der Waals surface area contributed by atoms with Gasteiger partial charge in [0.05, 0.1) is 6.61 Å². The van der Waals surface area contributed by atoms with Gasteiger partial charge in [0.2, 0.25) is 0 Å². The molecule has 0 unspecified atom stereocenters. The second-order valence-corrected chi connectivity index (χ2v) is 3.20. The van der Waals surface area contributed by atoms with Crippen LogP contribution in [0.15, 0.2) is 12.2 Å². The van der Waals surface area contributed by atoms with Crippen LogP contribution in [0.1, 0.15) is 20.3 Å². The van der Waals surface area contributed by atoms with Crippen molar-refractivity contribution in [2.24, 2.45) is 0 Å². The highest BCUT2D eigenvalue weighted by Crippen LogP contribution is 1.95. The van der Waals surface area contributed by atoms with Crippen molar-refractivity contribution in [2.75, 3.05) is 20.2 Å². The molecule has 0 saturated heterocycles. The second kappa shape index (κ2) is 7.00. The fourth-order valence-corrected chi connectivity index (χ4v) is 0.840. The van der Waals surface area contributed by atoms with Crippen LogP contribution in [0.2, 0.25) is 0 Å². The quantitative estimate of drug-likeness (QED) is 0.285. The molecule has 0 rings (SSSR count). The molecule has 0 aliphatic rings. The molecule has 0 aromatic carbocycles. The molecule has 0 spiro atoms. The van der Waals surface area contributed by atoms with Crippen LogP contribution in [-0.2, 0) is 19.2 Å². The summed E-state index contributed by atoms with van der Waals surface area (Å²) in [4.78, 5) is 26.2. The van der Waals surface area contributed by atoms with Gasteiger partial charge in [-0.1, -0.05) is 6.58 Å². The largest absolute Gasteiger partial charge is 0.462 e. The molecule has 0 amide bonds. The van der Waals surface area contributed by atoms with Crippen LogP contribution < -0.4 is 0 Å². The number of nitrogens with zero attached hydrogens (tertiary/aromatic N) is 1. The molecule has 0 atom stereocenters. The van der Waals surface area contributed by atoms with Crippen LogP contribution in [0.25, 0.3) is 0 Å². The normalized spacial score (nSPS) is 9.87. The minimum Gasteiger partial charge on any atom is -0.462 e. The summed E-state index contributed by atoms with van der Waals surface area (Å²) in [6, 6.07) is 0. The number of esters is 1. The number of carbonyl (C=O) groups excluding carboxylic acids is 2. The Bertz CT molecular complexity index is 250. The third-order valence-electron chi connectivity index (χ3n) is 1.48. The summed E-state index contributed by atoms with van der Waals surface area (Å²) in [7, 11) is 1.64. The number of ether oxygens (including phenoxy) is 1. The summed E-state index contributed by atoms with van der Waals surface area (Å²) in [6.07, 6.45) is 0.600. The van der Waals surface area contributed by atoms with Crippen molar-refractivity contribution >= 4 is 11.9 Å². The van der Waals surface area contributed by atoms with Gasteiger partial charge in [0.15, 0.2) is 0 Å². The van der Waals surface area contributed by atoms with Gasteiger partial charge in [-0.15, -0.1) is 5.06 Å². The van der Waals surface area contributed by atoms with Crippen LogP contribution in [0, 0.1) is 0 Å². The minimum atomic E-state index is -0.398. The first-order chi connectivity index (χ1) is 6.93. The van der Waals surface area contributed by atoms with E-state index in [4.69, 9.17) is 9.57 Å². The van der Waals surface area contributed by atoms with Crippen molar-refractivity contribution in [1.82, 2.24) is 5.06 Å². The van der Waals surface area contributed by atoms with Gasteiger partial charge >= 0.3 is 11.9 Å². The highest BCUT2D eigenvalue weighted by atomic mass is 16.7. The molecular formula is C10H17NO4. The van der Waals surface area contributed by atoms with Crippen LogP contribution in [0.4, 0.5) is 0 Å². The zero-order valence-corrected chi connectivity index (χ0v) is 9.41. The first-order valence-corrected chi connectivity index (χ1v) is 4.65. The maximum absolute atomic E-state index is 10.9. The summed E-state index contributed by atoms with van der Waals surface area (Å²) >= 11 is 0. The van der Waals surface area contributed by atoms with E-state index < -0.39 is 5.97 Å².